The van der Waals surface area contributed by atoms with Crippen molar-refractivity contribution >= 4 is 11.6 Å². The molecule has 3 heterocycles. The zero-order valence-corrected chi connectivity index (χ0v) is 22.4. The summed E-state index contributed by atoms with van der Waals surface area (Å²) in [6.45, 7) is 1.76. The van der Waals surface area contributed by atoms with Crippen LogP contribution < -0.4 is 10.2 Å². The van der Waals surface area contributed by atoms with Gasteiger partial charge in [0.15, 0.2) is 0 Å². The van der Waals surface area contributed by atoms with Crippen molar-refractivity contribution in [3.63, 3.8) is 0 Å². The van der Waals surface area contributed by atoms with Crippen LogP contribution in [0.5, 0.6) is 0 Å². The molecule has 0 radical (unpaired) electrons. The van der Waals surface area contributed by atoms with Crippen LogP contribution in [-0.4, -0.2) is 74.5 Å². The minimum atomic E-state index is -4.89. The topological polar surface area (TPSA) is 54.0 Å². The molecule has 0 spiro atoms. The number of carbonyl (C=O) groups excluding carboxylic acids is 1. The number of piperazine rings is 1. The van der Waals surface area contributed by atoms with E-state index in [0.29, 0.717) is 26.2 Å². The number of carbonyl (C=O) groups is 1. The maximum atomic E-state index is 14.2. The average molecular weight is 576 g/mol. The lowest BCUT2D eigenvalue weighted by molar-refractivity contribution is -0.145. The summed E-state index contributed by atoms with van der Waals surface area (Å²) in [7, 11) is 1.68. The van der Waals surface area contributed by atoms with Crippen molar-refractivity contribution in [1.29, 1.82) is 0 Å². The molecule has 3 aliphatic heterocycles. The molecule has 2 saturated carbocycles. The Bertz CT molecular complexity index is 1100. The molecule has 5 fully saturated rings. The van der Waals surface area contributed by atoms with Gasteiger partial charge < -0.3 is 24.6 Å². The maximum Gasteiger partial charge on any atom is 0.416 e. The highest BCUT2D eigenvalue weighted by Crippen LogP contribution is 2.56. The summed E-state index contributed by atoms with van der Waals surface area (Å²) < 4.78 is 91.8. The molecule has 2 aliphatic carbocycles. The number of hydrogen-bond donors (Lipinski definition) is 1. The first-order valence-electron chi connectivity index (χ1n) is 14.1. The Morgan fingerprint density at radius 2 is 1.75 bits per heavy atom. The first kappa shape index (κ1) is 28.1. The number of methoxy groups -OCH3 is 1. The number of benzene rings is 1. The van der Waals surface area contributed by atoms with E-state index < -0.39 is 28.9 Å². The number of anilines is 1. The molecule has 7 atom stereocenters. The highest BCUT2D eigenvalue weighted by Gasteiger charge is 2.59. The van der Waals surface area contributed by atoms with E-state index in [1.165, 1.54) is 0 Å². The van der Waals surface area contributed by atoms with E-state index in [9.17, 15) is 31.1 Å². The molecule has 5 aliphatic rings. The number of nitrogens with one attached hydrogen (secondary N) is 1. The Morgan fingerprint density at radius 3 is 2.38 bits per heavy atom. The zero-order valence-electron chi connectivity index (χ0n) is 22.4. The van der Waals surface area contributed by atoms with Crippen LogP contribution in [0.3, 0.4) is 0 Å². The number of rotatable bonds is 5. The number of alkyl halides is 6. The molecular formula is C28H35F6N3O3. The van der Waals surface area contributed by atoms with Crippen molar-refractivity contribution in [2.75, 3.05) is 38.3 Å². The second kappa shape index (κ2) is 10.0. The predicted octanol–water partition coefficient (Wildman–Crippen LogP) is 4.86. The number of likely N-dealkylation sites (tertiary alicyclic amines) is 1. The standard InChI is InChI=1S/C28H35F6N3O3/c1-39-24-15-40-6-4-23(24)35-19-8-16-3-2-5-26(16,12-19)25(38)37-14-21-11-22(37)13-36(21)20-9-17(27(29,30)31)7-18(10-20)28(32,33)34/h7,9-10,16,19,21-24,35H,2-6,8,11-15H2,1H3/t16-,19-,21-,22+,23+,24-,26-/m1/s1. The second-order valence-corrected chi connectivity index (χ2v) is 12.2. The van der Waals surface area contributed by atoms with Gasteiger partial charge in [0.25, 0.3) is 0 Å². The number of hydrogen-bond acceptors (Lipinski definition) is 5. The van der Waals surface area contributed by atoms with Crippen LogP contribution in [0.1, 0.15) is 56.1 Å². The molecule has 3 saturated heterocycles. The van der Waals surface area contributed by atoms with Gasteiger partial charge in [-0.05, 0) is 62.6 Å². The van der Waals surface area contributed by atoms with Gasteiger partial charge in [0, 0.05) is 50.6 Å². The Kier molecular flexibility index (Phi) is 7.05. The first-order chi connectivity index (χ1) is 18.9. The van der Waals surface area contributed by atoms with E-state index in [2.05, 4.69) is 5.32 Å². The molecule has 222 valence electrons. The Hall–Kier alpha value is -2.05. The van der Waals surface area contributed by atoms with E-state index in [0.717, 1.165) is 50.7 Å². The molecule has 1 amide bonds. The highest BCUT2D eigenvalue weighted by molar-refractivity contribution is 5.85. The monoisotopic (exact) mass is 575 g/mol. The summed E-state index contributed by atoms with van der Waals surface area (Å²) in [4.78, 5) is 17.7. The third-order valence-corrected chi connectivity index (χ3v) is 10.0. The SMILES string of the molecule is CO[C@@H]1COCC[C@@H]1N[C@@H]1C[C@H]2CCC[C@@]2(C(=O)N2C[C@H]3C[C@H]2CN3c2cc(C(F)(F)F)cc(C(F)(F)F)c2)C1. The molecule has 6 rings (SSSR count). The zero-order chi connectivity index (χ0) is 28.4. The molecule has 0 aromatic heterocycles. The summed E-state index contributed by atoms with van der Waals surface area (Å²) in [6.07, 6.45) is -3.98. The highest BCUT2D eigenvalue weighted by atomic mass is 19.4. The quantitative estimate of drug-likeness (QED) is 0.509. The number of ether oxygens (including phenoxy) is 2. The first-order valence-corrected chi connectivity index (χ1v) is 14.1. The fourth-order valence-electron chi connectivity index (χ4n) is 8.18. The minimum absolute atomic E-state index is 0.0325. The Morgan fingerprint density at radius 1 is 1.02 bits per heavy atom. The van der Waals surface area contributed by atoms with Crippen molar-refractivity contribution in [1.82, 2.24) is 10.2 Å². The van der Waals surface area contributed by atoms with Crippen molar-refractivity contribution < 1.29 is 40.6 Å². The lowest BCUT2D eigenvalue weighted by Gasteiger charge is -2.41. The second-order valence-electron chi connectivity index (χ2n) is 12.2. The Balaban J connectivity index is 1.17. The van der Waals surface area contributed by atoms with Crippen LogP contribution in [0.4, 0.5) is 32.0 Å². The van der Waals surface area contributed by atoms with Crippen molar-refractivity contribution in [3.8, 4) is 0 Å². The normalized spacial score (nSPS) is 36.0. The van der Waals surface area contributed by atoms with Crippen LogP contribution in [0.15, 0.2) is 18.2 Å². The largest absolute Gasteiger partial charge is 0.416 e. The molecule has 6 nitrogen and oxygen atoms in total. The third kappa shape index (κ3) is 4.87. The summed E-state index contributed by atoms with van der Waals surface area (Å²) in [5.74, 6) is 0.383. The summed E-state index contributed by atoms with van der Waals surface area (Å²) >= 11 is 0. The number of fused-ring (bicyclic) bond motifs is 3. The van der Waals surface area contributed by atoms with Gasteiger partial charge in [-0.25, -0.2) is 0 Å². The van der Waals surface area contributed by atoms with E-state index in [1.807, 2.05) is 4.90 Å². The van der Waals surface area contributed by atoms with Crippen LogP contribution >= 0.6 is 0 Å². The molecule has 1 aromatic rings. The van der Waals surface area contributed by atoms with Crippen LogP contribution in [0, 0.1) is 11.3 Å². The van der Waals surface area contributed by atoms with Crippen molar-refractivity contribution in [2.45, 2.75) is 87.6 Å². The minimum Gasteiger partial charge on any atom is -0.379 e. The molecule has 40 heavy (non-hydrogen) atoms. The van der Waals surface area contributed by atoms with Gasteiger partial charge in [-0.15, -0.1) is 0 Å². The van der Waals surface area contributed by atoms with E-state index in [1.54, 1.807) is 12.0 Å². The Labute approximate surface area is 229 Å². The number of halogens is 6. The molecule has 0 unspecified atom stereocenters. The number of nitrogens with zero attached hydrogens (tertiary/aromatic N) is 2. The fourth-order valence-corrected chi connectivity index (χ4v) is 8.18. The van der Waals surface area contributed by atoms with Crippen LogP contribution in [0.2, 0.25) is 0 Å². The lowest BCUT2D eigenvalue weighted by Crippen LogP contribution is -2.54. The summed E-state index contributed by atoms with van der Waals surface area (Å²) in [6, 6.07) is 1.58. The molecule has 1 N–H and O–H groups in total. The van der Waals surface area contributed by atoms with E-state index in [4.69, 9.17) is 9.47 Å². The van der Waals surface area contributed by atoms with E-state index >= 15 is 0 Å². The predicted molar refractivity (Wildman–Crippen MR) is 134 cm³/mol. The van der Waals surface area contributed by atoms with Gasteiger partial charge in [0.2, 0.25) is 5.91 Å². The van der Waals surface area contributed by atoms with Gasteiger partial charge in [-0.1, -0.05) is 6.42 Å². The summed E-state index contributed by atoms with van der Waals surface area (Å²) in [5, 5.41) is 3.75. The van der Waals surface area contributed by atoms with Gasteiger partial charge in [-0.3, -0.25) is 4.79 Å². The summed E-state index contributed by atoms with van der Waals surface area (Å²) in [5.41, 5.74) is -3.18. The third-order valence-electron chi connectivity index (χ3n) is 10.0. The van der Waals surface area contributed by atoms with Crippen LogP contribution in [0.25, 0.3) is 0 Å². The average Bonchev–Trinajstić information content (AvgIpc) is 3.67. The van der Waals surface area contributed by atoms with Gasteiger partial charge >= 0.3 is 12.4 Å². The molecule has 12 heteroatoms. The van der Waals surface area contributed by atoms with Crippen molar-refractivity contribution in [2.24, 2.45) is 11.3 Å². The maximum absolute atomic E-state index is 14.2. The smallest absolute Gasteiger partial charge is 0.379 e. The molecule has 1 aromatic carbocycles. The van der Waals surface area contributed by atoms with Crippen LogP contribution in [-0.2, 0) is 26.6 Å². The lowest BCUT2D eigenvalue weighted by atomic mass is 9.78. The van der Waals surface area contributed by atoms with Gasteiger partial charge in [0.1, 0.15) is 0 Å². The van der Waals surface area contributed by atoms with E-state index in [-0.39, 0.29) is 60.4 Å². The van der Waals surface area contributed by atoms with Gasteiger partial charge in [0.05, 0.1) is 35.3 Å². The van der Waals surface area contributed by atoms with Crippen molar-refractivity contribution in [3.05, 3.63) is 29.3 Å². The molecule has 2 bridgehead atoms. The fraction of sp³-hybridized carbons (Fsp3) is 0.750. The number of amides is 1. The molecular weight excluding hydrogens is 540 g/mol. The van der Waals surface area contributed by atoms with Gasteiger partial charge in [-0.2, -0.15) is 26.3 Å².